The third-order valence-corrected chi connectivity index (χ3v) is 7.80. The molecule has 0 saturated carbocycles. The molecule has 2 aromatic carbocycles. The number of aliphatic hydroxyl groups is 1. The molecule has 1 aliphatic rings. The summed E-state index contributed by atoms with van der Waals surface area (Å²) in [6.45, 7) is 0.283. The van der Waals surface area contributed by atoms with E-state index in [0.717, 1.165) is 17.0 Å². The number of methoxy groups -OCH3 is 1. The number of benzene rings is 2. The molecule has 0 aliphatic carbocycles. The van der Waals surface area contributed by atoms with Gasteiger partial charge in [0.15, 0.2) is 0 Å². The number of sulfonamides is 1. The monoisotopic (exact) mass is 506 g/mol. The van der Waals surface area contributed by atoms with Crippen LogP contribution in [0.5, 0.6) is 5.75 Å². The number of ether oxygens (including phenoxy) is 2. The van der Waals surface area contributed by atoms with Gasteiger partial charge in [0.2, 0.25) is 10.0 Å². The van der Waals surface area contributed by atoms with Crippen molar-refractivity contribution in [2.75, 3.05) is 13.7 Å². The summed E-state index contributed by atoms with van der Waals surface area (Å²) in [7, 11) is -2.22. The van der Waals surface area contributed by atoms with E-state index in [4.69, 9.17) is 21.1 Å². The van der Waals surface area contributed by atoms with Gasteiger partial charge in [-0.05, 0) is 43.5 Å². The van der Waals surface area contributed by atoms with Crippen molar-refractivity contribution in [2.45, 2.75) is 49.0 Å². The van der Waals surface area contributed by atoms with Crippen molar-refractivity contribution in [1.82, 2.24) is 19.7 Å². The Morgan fingerprint density at radius 1 is 1.24 bits per heavy atom. The quantitative estimate of drug-likeness (QED) is 0.458. The Hall–Kier alpha value is -2.50. The Morgan fingerprint density at radius 3 is 2.82 bits per heavy atom. The topological polar surface area (TPSA) is 116 Å². The normalized spacial score (nSPS) is 20.9. The average Bonchev–Trinajstić information content (AvgIpc) is 3.32. The Labute approximate surface area is 203 Å². The number of rotatable bonds is 9. The maximum Gasteiger partial charge on any atom is 0.242 e. The van der Waals surface area contributed by atoms with Crippen LogP contribution in [0.25, 0.3) is 11.3 Å². The second kappa shape index (κ2) is 10.8. The van der Waals surface area contributed by atoms with Crippen LogP contribution in [0.4, 0.5) is 0 Å². The maximum atomic E-state index is 12.8. The summed E-state index contributed by atoms with van der Waals surface area (Å²) in [5.74, 6) is 0.748. The molecule has 2 N–H and O–H groups in total. The minimum absolute atomic E-state index is 0.00787. The molecule has 1 saturated heterocycles. The molecule has 1 aromatic heterocycles. The molecular formula is C23H27ClN4O5S. The molecule has 1 fully saturated rings. The summed E-state index contributed by atoms with van der Waals surface area (Å²) in [4.78, 5) is 0.00787. The average molecular weight is 507 g/mol. The molecule has 3 atom stereocenters. The Kier molecular flexibility index (Phi) is 7.84. The molecule has 9 nitrogen and oxygen atoms in total. The Balaban J connectivity index is 1.34. The first-order valence-electron chi connectivity index (χ1n) is 11.0. The molecule has 0 radical (unpaired) electrons. The molecule has 11 heteroatoms. The van der Waals surface area contributed by atoms with Crippen molar-refractivity contribution < 1.29 is 23.0 Å². The lowest BCUT2D eigenvalue weighted by Gasteiger charge is -2.36. The van der Waals surface area contributed by atoms with Crippen LogP contribution in [0, 0.1) is 0 Å². The third-order valence-electron chi connectivity index (χ3n) is 5.81. The highest BCUT2D eigenvalue weighted by molar-refractivity contribution is 7.89. The minimum atomic E-state index is -3.84. The summed E-state index contributed by atoms with van der Waals surface area (Å²) >= 11 is 6.06. The number of hydrogen-bond donors (Lipinski definition) is 2. The zero-order chi connectivity index (χ0) is 24.1. The molecule has 2 heterocycles. The van der Waals surface area contributed by atoms with Gasteiger partial charge in [-0.2, -0.15) is 0 Å². The molecule has 4 rings (SSSR count). The number of halogens is 1. The fraction of sp³-hybridized carbons (Fsp3) is 0.391. The first-order valence-corrected chi connectivity index (χ1v) is 12.8. The van der Waals surface area contributed by atoms with Crippen LogP contribution in [0.15, 0.2) is 59.6 Å². The summed E-state index contributed by atoms with van der Waals surface area (Å²) in [6.07, 6.45) is 2.90. The number of nitrogens with one attached hydrogen (secondary N) is 1. The van der Waals surface area contributed by atoms with Gasteiger partial charge in [0, 0.05) is 12.1 Å². The van der Waals surface area contributed by atoms with Gasteiger partial charge < -0.3 is 14.6 Å². The van der Waals surface area contributed by atoms with Gasteiger partial charge in [-0.15, -0.1) is 5.10 Å². The molecule has 0 bridgehead atoms. The van der Waals surface area contributed by atoms with E-state index in [9.17, 15) is 13.5 Å². The van der Waals surface area contributed by atoms with Crippen molar-refractivity contribution in [1.29, 1.82) is 0 Å². The maximum absolute atomic E-state index is 12.8. The van der Waals surface area contributed by atoms with Crippen LogP contribution in [-0.4, -0.2) is 60.5 Å². The van der Waals surface area contributed by atoms with E-state index in [2.05, 4.69) is 15.0 Å². The van der Waals surface area contributed by atoms with Crippen LogP contribution in [0.3, 0.4) is 0 Å². The molecule has 0 unspecified atom stereocenters. The van der Waals surface area contributed by atoms with E-state index >= 15 is 0 Å². The van der Waals surface area contributed by atoms with E-state index < -0.39 is 22.2 Å². The van der Waals surface area contributed by atoms with Crippen molar-refractivity contribution >= 4 is 21.6 Å². The van der Waals surface area contributed by atoms with Crippen molar-refractivity contribution in [3.8, 4) is 17.0 Å². The molecule has 3 aromatic rings. The highest BCUT2D eigenvalue weighted by Gasteiger charge is 2.34. The summed E-state index contributed by atoms with van der Waals surface area (Å²) in [5.41, 5.74) is 1.65. The van der Waals surface area contributed by atoms with Crippen molar-refractivity contribution in [2.24, 2.45) is 0 Å². The van der Waals surface area contributed by atoms with Gasteiger partial charge in [-0.1, -0.05) is 41.1 Å². The van der Waals surface area contributed by atoms with Gasteiger partial charge in [0.05, 0.1) is 43.2 Å². The predicted octanol–water partition coefficient (Wildman–Crippen LogP) is 2.88. The lowest BCUT2D eigenvalue weighted by Crippen LogP contribution is -2.51. The van der Waals surface area contributed by atoms with E-state index in [-0.39, 0.29) is 22.6 Å². The zero-order valence-electron chi connectivity index (χ0n) is 18.7. The van der Waals surface area contributed by atoms with E-state index in [1.807, 2.05) is 30.5 Å². The fourth-order valence-corrected chi connectivity index (χ4v) is 5.82. The molecular weight excluding hydrogens is 480 g/mol. The zero-order valence-corrected chi connectivity index (χ0v) is 20.2. The second-order valence-corrected chi connectivity index (χ2v) is 10.2. The summed E-state index contributed by atoms with van der Waals surface area (Å²) < 4.78 is 41.2. The lowest BCUT2D eigenvalue weighted by atomic mass is 9.98. The third kappa shape index (κ3) is 5.76. The molecule has 182 valence electrons. The van der Waals surface area contributed by atoms with Crippen molar-refractivity contribution in [3.05, 3.63) is 59.8 Å². The first-order chi connectivity index (χ1) is 16.4. The van der Waals surface area contributed by atoms with E-state index in [0.29, 0.717) is 25.8 Å². The molecule has 1 aliphatic heterocycles. The number of aromatic nitrogens is 3. The van der Waals surface area contributed by atoms with E-state index in [1.165, 1.54) is 12.1 Å². The molecule has 34 heavy (non-hydrogen) atoms. The van der Waals surface area contributed by atoms with E-state index in [1.54, 1.807) is 23.9 Å². The summed E-state index contributed by atoms with van der Waals surface area (Å²) in [6, 6.07) is 13.3. The standard InChI is InChI=1S/C23H27ClN4O5S/c1-32-18-6-4-5-16(13-18)21-14-28(27-25-21)12-11-17-9-10-20(22(15-29)33-17)26-34(30,31)23-8-3-2-7-19(23)24/h2-8,13-14,17,20,22,26,29H,9-12,15H2,1H3/t17-,20-,22-/m0/s1. The van der Waals surface area contributed by atoms with Crippen LogP contribution >= 0.6 is 11.6 Å². The van der Waals surface area contributed by atoms with Gasteiger partial charge in [0.25, 0.3) is 0 Å². The SMILES string of the molecule is COc1cccc(-c2cn(CC[C@@H]3CC[C@H](NS(=O)(=O)c4ccccc4Cl)[C@H](CO)O3)nn2)c1. The fourth-order valence-electron chi connectivity index (χ4n) is 4.00. The van der Waals surface area contributed by atoms with Crippen LogP contribution in [0.1, 0.15) is 19.3 Å². The molecule has 0 amide bonds. The Bertz CT molecular complexity index is 1220. The number of nitrogens with zero attached hydrogens (tertiary/aromatic N) is 3. The summed E-state index contributed by atoms with van der Waals surface area (Å²) in [5, 5.41) is 18.4. The van der Waals surface area contributed by atoms with Gasteiger partial charge in [-0.25, -0.2) is 13.1 Å². The number of hydrogen-bond acceptors (Lipinski definition) is 7. The number of aryl methyl sites for hydroxylation is 1. The first kappa shape index (κ1) is 24.6. The smallest absolute Gasteiger partial charge is 0.242 e. The van der Waals surface area contributed by atoms with Gasteiger partial charge in [-0.3, -0.25) is 4.68 Å². The van der Waals surface area contributed by atoms with Crippen LogP contribution in [-0.2, 0) is 21.3 Å². The van der Waals surface area contributed by atoms with Crippen LogP contribution in [0.2, 0.25) is 5.02 Å². The van der Waals surface area contributed by atoms with Gasteiger partial charge in [0.1, 0.15) is 16.3 Å². The van der Waals surface area contributed by atoms with Gasteiger partial charge >= 0.3 is 0 Å². The largest absolute Gasteiger partial charge is 0.497 e. The highest BCUT2D eigenvalue weighted by Crippen LogP contribution is 2.26. The highest BCUT2D eigenvalue weighted by atomic mass is 35.5. The second-order valence-electron chi connectivity index (χ2n) is 8.10. The Morgan fingerprint density at radius 2 is 2.06 bits per heavy atom. The van der Waals surface area contributed by atoms with Crippen molar-refractivity contribution in [3.63, 3.8) is 0 Å². The molecule has 0 spiro atoms. The minimum Gasteiger partial charge on any atom is -0.497 e. The number of aliphatic hydroxyl groups excluding tert-OH is 1. The predicted molar refractivity (Wildman–Crippen MR) is 127 cm³/mol. The lowest BCUT2D eigenvalue weighted by molar-refractivity contribution is -0.0891. The van der Waals surface area contributed by atoms with Crippen LogP contribution < -0.4 is 9.46 Å².